The Morgan fingerprint density at radius 3 is 2.09 bits per heavy atom. The van der Waals surface area contributed by atoms with Crippen LogP contribution >= 0.6 is 55.8 Å². The zero-order valence-corrected chi connectivity index (χ0v) is 22.7. The molecule has 34 heavy (non-hydrogen) atoms. The number of para-hydroxylation sites is 1. The van der Waals surface area contributed by atoms with E-state index in [0.29, 0.717) is 16.3 Å². The average molecular weight is 613 g/mol. The minimum Gasteiger partial charge on any atom is -0.298 e. The second-order valence-electron chi connectivity index (χ2n) is 8.28. The first-order valence-corrected chi connectivity index (χ1v) is 13.6. The molecule has 2 aliphatic rings. The van der Waals surface area contributed by atoms with Crippen molar-refractivity contribution in [2.24, 2.45) is 0 Å². The highest BCUT2D eigenvalue weighted by Crippen LogP contribution is 2.60. The van der Waals surface area contributed by atoms with E-state index < -0.39 is 10.7 Å². The molecule has 0 aromatic heterocycles. The number of amides is 1. The van der Waals surface area contributed by atoms with Gasteiger partial charge in [-0.05, 0) is 59.5 Å². The lowest BCUT2D eigenvalue weighted by atomic mass is 9.65. The fourth-order valence-corrected chi connectivity index (χ4v) is 7.62. The van der Waals surface area contributed by atoms with E-state index in [-0.39, 0.29) is 11.8 Å². The van der Waals surface area contributed by atoms with E-state index in [1.807, 2.05) is 72.8 Å². The van der Waals surface area contributed by atoms with Gasteiger partial charge in [0, 0.05) is 20.8 Å². The van der Waals surface area contributed by atoms with Gasteiger partial charge in [-0.1, -0.05) is 104 Å². The summed E-state index contributed by atoms with van der Waals surface area (Å²) in [5.74, 6) is -0.686. The van der Waals surface area contributed by atoms with Crippen molar-refractivity contribution in [3.63, 3.8) is 0 Å². The summed E-state index contributed by atoms with van der Waals surface area (Å²) in [5, 5.41) is 0. The van der Waals surface area contributed by atoms with Crippen molar-refractivity contribution in [1.82, 2.24) is 0 Å². The number of carbonyl (C=O) groups excluding carboxylic acids is 2. The van der Waals surface area contributed by atoms with Crippen LogP contribution in [0.25, 0.3) is 0 Å². The molecule has 1 aliphatic carbocycles. The first-order valence-electron chi connectivity index (χ1n) is 10.7. The second kappa shape index (κ2) is 9.53. The van der Waals surface area contributed by atoms with Crippen molar-refractivity contribution >= 4 is 78.0 Å². The van der Waals surface area contributed by atoms with Crippen molar-refractivity contribution in [2.45, 2.75) is 23.0 Å². The monoisotopic (exact) mass is 611 g/mol. The molecule has 1 aliphatic heterocycles. The maximum atomic E-state index is 14.5. The molecule has 0 unspecified atom stereocenters. The number of hydrogen-bond donors (Lipinski definition) is 0. The lowest BCUT2D eigenvalue weighted by molar-refractivity contribution is -0.120. The van der Waals surface area contributed by atoms with Gasteiger partial charge in [0.2, 0.25) is 0 Å². The quantitative estimate of drug-likeness (QED) is 0.227. The topological polar surface area (TPSA) is 37.4 Å². The van der Waals surface area contributed by atoms with Crippen molar-refractivity contribution in [3.05, 3.63) is 111 Å². The van der Waals surface area contributed by atoms with Crippen LogP contribution in [0.1, 0.15) is 29.4 Å². The predicted octanol–water partition coefficient (Wildman–Crippen LogP) is 7.41. The number of benzene rings is 3. The van der Waals surface area contributed by atoms with Crippen LogP contribution in [0.3, 0.4) is 0 Å². The number of thioether (sulfide) groups is 1. The molecular weight excluding hydrogens is 594 g/mol. The fourth-order valence-electron chi connectivity index (χ4n) is 4.98. The van der Waals surface area contributed by atoms with Gasteiger partial charge >= 0.3 is 0 Å². The molecule has 1 amide bonds. The summed E-state index contributed by atoms with van der Waals surface area (Å²) in [6, 6.07) is 25.5. The number of aldehydes is 1. The van der Waals surface area contributed by atoms with Gasteiger partial charge in [0.1, 0.15) is 15.4 Å². The van der Waals surface area contributed by atoms with Crippen molar-refractivity contribution < 1.29 is 9.59 Å². The van der Waals surface area contributed by atoms with Crippen molar-refractivity contribution in [1.29, 1.82) is 0 Å². The van der Waals surface area contributed by atoms with Crippen LogP contribution in [0.4, 0.5) is 5.69 Å². The second-order valence-corrected chi connectivity index (χ2v) is 12.0. The summed E-state index contributed by atoms with van der Waals surface area (Å²) in [6.45, 7) is 0. The summed E-state index contributed by atoms with van der Waals surface area (Å²) in [4.78, 5) is 28.5. The molecule has 3 nitrogen and oxygen atoms in total. The molecule has 7 heteroatoms. The summed E-state index contributed by atoms with van der Waals surface area (Å²) in [6.07, 6.45) is 3.46. The highest BCUT2D eigenvalue weighted by Gasteiger charge is 2.62. The largest absolute Gasteiger partial charge is 0.298 e. The molecule has 1 saturated heterocycles. The minimum absolute atomic E-state index is 0.0815. The number of hydrogen-bond acceptors (Lipinski definition) is 4. The Labute approximate surface area is 224 Å². The van der Waals surface area contributed by atoms with Gasteiger partial charge < -0.3 is 0 Å². The van der Waals surface area contributed by atoms with E-state index in [9.17, 15) is 9.59 Å². The normalized spacial score (nSPS) is 24.4. The highest BCUT2D eigenvalue weighted by atomic mass is 79.9. The molecule has 0 saturated carbocycles. The Hall–Kier alpha value is -2.06. The van der Waals surface area contributed by atoms with Gasteiger partial charge in [-0.25, -0.2) is 0 Å². The summed E-state index contributed by atoms with van der Waals surface area (Å²) in [7, 11) is 0. The van der Waals surface area contributed by atoms with Crippen LogP contribution in [-0.2, 0) is 9.59 Å². The smallest absolute Gasteiger partial charge is 0.250 e. The Kier molecular flexibility index (Phi) is 6.64. The number of halogens is 2. The molecule has 0 radical (unpaired) electrons. The third kappa shape index (κ3) is 3.92. The van der Waals surface area contributed by atoms with E-state index in [0.717, 1.165) is 32.0 Å². The Bertz CT molecular complexity index is 1290. The zero-order valence-electron chi connectivity index (χ0n) is 17.9. The van der Waals surface area contributed by atoms with E-state index in [1.54, 1.807) is 4.90 Å². The van der Waals surface area contributed by atoms with Crippen LogP contribution in [-0.4, -0.2) is 21.3 Å². The number of thiocarbonyl (C=S) groups is 1. The van der Waals surface area contributed by atoms with Gasteiger partial charge in [-0.15, -0.1) is 0 Å². The summed E-state index contributed by atoms with van der Waals surface area (Å²) < 4.78 is 1.43. The number of nitrogens with zero attached hydrogens (tertiary/aromatic N) is 1. The molecule has 1 spiro atoms. The van der Waals surface area contributed by atoms with Crippen LogP contribution in [0.15, 0.2) is 99.5 Å². The third-order valence-corrected chi connectivity index (χ3v) is 9.35. The maximum absolute atomic E-state index is 14.5. The molecule has 0 N–H and O–H groups in total. The minimum atomic E-state index is -0.987. The Morgan fingerprint density at radius 1 is 0.912 bits per heavy atom. The van der Waals surface area contributed by atoms with Crippen molar-refractivity contribution in [3.8, 4) is 0 Å². The summed E-state index contributed by atoms with van der Waals surface area (Å²) in [5.41, 5.74) is 3.33. The first-order chi connectivity index (χ1) is 16.5. The van der Waals surface area contributed by atoms with E-state index >= 15 is 0 Å². The van der Waals surface area contributed by atoms with E-state index in [2.05, 4.69) is 44.0 Å². The standard InChI is InChI=1S/C27H19Br2NO2S2/c28-20-11-6-17(7-12-20)23-15-10-19(16-31)24(18-8-13-21(29)14-9-18)27(23)25(32)30(26(33)34-27)22-4-2-1-3-5-22/h1-14,16,23-24H,15H2/t23-,24+,27-/m0/s1. The Morgan fingerprint density at radius 2 is 1.50 bits per heavy atom. The molecule has 0 bridgehead atoms. The molecule has 1 fully saturated rings. The van der Waals surface area contributed by atoms with Gasteiger partial charge in [0.05, 0.1) is 5.69 Å². The van der Waals surface area contributed by atoms with Gasteiger partial charge in [-0.3, -0.25) is 14.5 Å². The van der Waals surface area contributed by atoms with E-state index in [1.165, 1.54) is 11.8 Å². The SMILES string of the molecule is O=CC1=CC[C@@H](c2ccc(Br)cc2)[C@]2(SC(=S)N(c3ccccc3)C2=O)[C@@H]1c1ccc(Br)cc1. The van der Waals surface area contributed by atoms with Crippen molar-refractivity contribution in [2.75, 3.05) is 4.90 Å². The van der Waals surface area contributed by atoms with E-state index in [4.69, 9.17) is 12.2 Å². The van der Waals surface area contributed by atoms with Crippen LogP contribution in [0.2, 0.25) is 0 Å². The highest BCUT2D eigenvalue weighted by molar-refractivity contribution is 9.10. The first kappa shape index (κ1) is 23.7. The van der Waals surface area contributed by atoms with Gasteiger partial charge in [-0.2, -0.15) is 0 Å². The molecule has 3 aromatic rings. The fraction of sp³-hybridized carbons (Fsp3) is 0.148. The lowest BCUT2D eigenvalue weighted by Crippen LogP contribution is -2.50. The lowest BCUT2D eigenvalue weighted by Gasteiger charge is -2.44. The molecule has 3 aromatic carbocycles. The third-order valence-electron chi connectivity index (χ3n) is 6.47. The summed E-state index contributed by atoms with van der Waals surface area (Å²) >= 11 is 14.3. The molecule has 170 valence electrons. The number of anilines is 1. The maximum Gasteiger partial charge on any atom is 0.250 e. The zero-order chi connectivity index (χ0) is 23.9. The van der Waals surface area contributed by atoms with Gasteiger partial charge in [0.15, 0.2) is 0 Å². The molecule has 1 heterocycles. The van der Waals surface area contributed by atoms with Crippen LogP contribution < -0.4 is 4.90 Å². The molecule has 3 atom stereocenters. The molecule has 5 rings (SSSR count). The van der Waals surface area contributed by atoms with Crippen LogP contribution in [0, 0.1) is 0 Å². The number of carbonyl (C=O) groups is 2. The number of allylic oxidation sites excluding steroid dienone is 2. The molecular formula is C27H19Br2NO2S2. The number of rotatable bonds is 4. The van der Waals surface area contributed by atoms with Crippen LogP contribution in [0.5, 0.6) is 0 Å². The predicted molar refractivity (Wildman–Crippen MR) is 149 cm³/mol. The average Bonchev–Trinajstić information content (AvgIpc) is 3.10. The van der Waals surface area contributed by atoms with Gasteiger partial charge in [0.25, 0.3) is 5.91 Å². The Balaban J connectivity index is 1.74.